The van der Waals surface area contributed by atoms with Gasteiger partial charge in [0.25, 0.3) is 0 Å². The Labute approximate surface area is 133 Å². The van der Waals surface area contributed by atoms with Gasteiger partial charge in [-0.05, 0) is 45.0 Å². The van der Waals surface area contributed by atoms with Gasteiger partial charge in [-0.3, -0.25) is 4.79 Å². The number of thioether (sulfide) groups is 1. The Kier molecular flexibility index (Phi) is 4.92. The maximum Gasteiger partial charge on any atom is 0.335 e. The Bertz CT molecular complexity index is 662. The van der Waals surface area contributed by atoms with Gasteiger partial charge in [0, 0.05) is 24.1 Å². The number of anilines is 1. The van der Waals surface area contributed by atoms with Crippen LogP contribution in [-0.2, 0) is 4.79 Å². The van der Waals surface area contributed by atoms with E-state index < -0.39 is 5.97 Å². The Morgan fingerprint density at radius 1 is 1.32 bits per heavy atom. The van der Waals surface area contributed by atoms with Gasteiger partial charge in [-0.2, -0.15) is 0 Å². The molecule has 0 unspecified atom stereocenters. The molecule has 22 heavy (non-hydrogen) atoms. The van der Waals surface area contributed by atoms with Crippen molar-refractivity contribution in [2.24, 2.45) is 0 Å². The zero-order valence-electron chi connectivity index (χ0n) is 12.7. The Morgan fingerprint density at radius 2 is 1.95 bits per heavy atom. The molecule has 1 aliphatic heterocycles. The molecule has 0 aliphatic carbocycles. The lowest BCUT2D eigenvalue weighted by Gasteiger charge is -2.19. The summed E-state index contributed by atoms with van der Waals surface area (Å²) in [4.78, 5) is 25.3. The highest BCUT2D eigenvalue weighted by Gasteiger charge is 2.26. The third-order valence-electron chi connectivity index (χ3n) is 3.34. The highest BCUT2D eigenvalue weighted by molar-refractivity contribution is 8.07. The van der Waals surface area contributed by atoms with E-state index in [0.29, 0.717) is 0 Å². The van der Waals surface area contributed by atoms with E-state index in [1.807, 2.05) is 20.0 Å². The molecule has 0 fully saturated rings. The van der Waals surface area contributed by atoms with Crippen molar-refractivity contribution < 1.29 is 14.7 Å². The van der Waals surface area contributed by atoms with E-state index in [1.165, 1.54) is 11.8 Å². The van der Waals surface area contributed by atoms with Gasteiger partial charge in [-0.1, -0.05) is 11.8 Å². The first kappa shape index (κ1) is 16.2. The van der Waals surface area contributed by atoms with Gasteiger partial charge in [0.1, 0.15) is 0 Å². The van der Waals surface area contributed by atoms with Gasteiger partial charge in [-0.15, -0.1) is 0 Å². The number of carbonyl (C=O) groups is 2. The molecule has 0 spiro atoms. The number of benzene rings is 1. The molecule has 2 rings (SSSR count). The lowest BCUT2D eigenvalue weighted by Crippen LogP contribution is -2.16. The van der Waals surface area contributed by atoms with E-state index in [4.69, 9.17) is 5.11 Å². The van der Waals surface area contributed by atoms with Crippen LogP contribution in [-0.4, -0.2) is 28.3 Å². The van der Waals surface area contributed by atoms with Crippen LogP contribution in [0.1, 0.15) is 31.1 Å². The predicted octanol–water partition coefficient (Wildman–Crippen LogP) is 3.48. The minimum Gasteiger partial charge on any atom is -0.478 e. The molecule has 0 amide bonds. The molecule has 5 nitrogen and oxygen atoms in total. The average Bonchev–Trinajstić information content (AvgIpc) is 2.81. The monoisotopic (exact) mass is 318 g/mol. The summed E-state index contributed by atoms with van der Waals surface area (Å²) in [6.07, 6.45) is 1.84. The minimum atomic E-state index is -0.945. The number of nitrogens with one attached hydrogen (secondary N) is 1. The zero-order chi connectivity index (χ0) is 16.3. The molecule has 1 aromatic carbocycles. The largest absolute Gasteiger partial charge is 0.478 e. The molecule has 6 heteroatoms. The number of ketones is 1. The number of Topliss-reactive ketones (excluding diaryl/α,β-unsaturated/α-hetero) is 1. The molecule has 1 aliphatic rings. The van der Waals surface area contributed by atoms with Gasteiger partial charge < -0.3 is 15.3 Å². The molecule has 0 radical (unpaired) electrons. The third-order valence-corrected chi connectivity index (χ3v) is 4.67. The van der Waals surface area contributed by atoms with E-state index in [9.17, 15) is 9.59 Å². The molecule has 116 valence electrons. The van der Waals surface area contributed by atoms with Crippen LogP contribution >= 0.6 is 11.8 Å². The molecule has 1 aromatic rings. The Balaban J connectivity index is 2.13. The highest BCUT2D eigenvalue weighted by Crippen LogP contribution is 2.40. The highest BCUT2D eigenvalue weighted by atomic mass is 32.2. The van der Waals surface area contributed by atoms with Crippen molar-refractivity contribution in [3.63, 3.8) is 0 Å². The number of aromatic carboxylic acids is 1. The quantitative estimate of drug-likeness (QED) is 0.866. The van der Waals surface area contributed by atoms with Gasteiger partial charge in [0.2, 0.25) is 0 Å². The number of carbonyl (C=O) groups excluding carboxylic acids is 1. The van der Waals surface area contributed by atoms with E-state index in [1.54, 1.807) is 31.2 Å². The second-order valence-electron chi connectivity index (χ2n) is 4.83. The van der Waals surface area contributed by atoms with Crippen molar-refractivity contribution in [2.45, 2.75) is 20.8 Å². The fourth-order valence-electron chi connectivity index (χ4n) is 2.20. The molecule has 1 heterocycles. The summed E-state index contributed by atoms with van der Waals surface area (Å²) in [5.41, 5.74) is 2.01. The maximum atomic E-state index is 11.6. The number of rotatable bonds is 5. The molecular formula is C16H18N2O3S. The van der Waals surface area contributed by atoms with Crippen LogP contribution in [0, 0.1) is 0 Å². The zero-order valence-corrected chi connectivity index (χ0v) is 13.5. The SMILES string of the molecule is CCN1C(=CNc2ccc(C(=O)O)cc2)SC(C(C)=O)=C1C. The van der Waals surface area contributed by atoms with Crippen LogP contribution in [0.15, 0.2) is 46.1 Å². The van der Waals surface area contributed by atoms with Crippen molar-refractivity contribution in [3.8, 4) is 0 Å². The molecule has 0 bridgehead atoms. The summed E-state index contributed by atoms with van der Waals surface area (Å²) >= 11 is 1.45. The fourth-order valence-corrected chi connectivity index (χ4v) is 3.31. The molecule has 0 atom stereocenters. The molecule has 0 aromatic heterocycles. The van der Waals surface area contributed by atoms with Gasteiger partial charge >= 0.3 is 5.97 Å². The van der Waals surface area contributed by atoms with E-state index in [-0.39, 0.29) is 11.3 Å². The molecular weight excluding hydrogens is 300 g/mol. The summed E-state index contributed by atoms with van der Waals surface area (Å²) in [5.74, 6) is -0.880. The smallest absolute Gasteiger partial charge is 0.335 e. The van der Waals surface area contributed by atoms with Crippen LogP contribution in [0.25, 0.3) is 0 Å². The first-order valence-corrected chi connectivity index (χ1v) is 7.73. The number of hydrogen-bond acceptors (Lipinski definition) is 5. The summed E-state index contributed by atoms with van der Waals surface area (Å²) in [5, 5.41) is 13.0. The summed E-state index contributed by atoms with van der Waals surface area (Å²) < 4.78 is 0. The molecule has 0 saturated carbocycles. The van der Waals surface area contributed by atoms with Crippen LogP contribution in [0.2, 0.25) is 0 Å². The van der Waals surface area contributed by atoms with Crippen molar-refractivity contribution in [3.05, 3.63) is 51.7 Å². The van der Waals surface area contributed by atoms with Gasteiger partial charge in [0.15, 0.2) is 5.78 Å². The van der Waals surface area contributed by atoms with Crippen molar-refractivity contribution in [1.29, 1.82) is 0 Å². The van der Waals surface area contributed by atoms with Crippen molar-refractivity contribution in [2.75, 3.05) is 11.9 Å². The Morgan fingerprint density at radius 3 is 2.45 bits per heavy atom. The first-order valence-electron chi connectivity index (χ1n) is 6.91. The van der Waals surface area contributed by atoms with Crippen molar-refractivity contribution in [1.82, 2.24) is 4.90 Å². The van der Waals surface area contributed by atoms with Crippen LogP contribution in [0.4, 0.5) is 5.69 Å². The number of carboxylic acids is 1. The summed E-state index contributed by atoms with van der Waals surface area (Å²) in [6.45, 7) is 6.32. The van der Waals surface area contributed by atoms with E-state index >= 15 is 0 Å². The fraction of sp³-hybridized carbons (Fsp3) is 0.250. The lowest BCUT2D eigenvalue weighted by molar-refractivity contribution is -0.113. The maximum absolute atomic E-state index is 11.6. The average molecular weight is 318 g/mol. The van der Waals surface area contributed by atoms with Crippen LogP contribution in [0.5, 0.6) is 0 Å². The van der Waals surface area contributed by atoms with Crippen molar-refractivity contribution >= 4 is 29.2 Å². The lowest BCUT2D eigenvalue weighted by atomic mass is 10.2. The summed E-state index contributed by atoms with van der Waals surface area (Å²) in [6, 6.07) is 6.52. The number of hydrogen-bond donors (Lipinski definition) is 2. The number of carboxylic acid groups (broad SMARTS) is 1. The minimum absolute atomic E-state index is 0.0650. The van der Waals surface area contributed by atoms with Crippen LogP contribution in [0.3, 0.4) is 0 Å². The molecule has 2 N–H and O–H groups in total. The van der Waals surface area contributed by atoms with Gasteiger partial charge in [0.05, 0.1) is 15.5 Å². The van der Waals surface area contributed by atoms with Crippen LogP contribution < -0.4 is 5.32 Å². The summed E-state index contributed by atoms with van der Waals surface area (Å²) in [7, 11) is 0. The number of nitrogens with zero attached hydrogens (tertiary/aromatic N) is 1. The second kappa shape index (κ2) is 6.70. The predicted molar refractivity (Wildman–Crippen MR) is 88.5 cm³/mol. The first-order chi connectivity index (χ1) is 10.4. The molecule has 0 saturated heterocycles. The van der Waals surface area contributed by atoms with E-state index in [2.05, 4.69) is 10.2 Å². The topological polar surface area (TPSA) is 69.6 Å². The number of allylic oxidation sites excluding steroid dienone is 2. The standard InChI is InChI=1S/C16H18N2O3S/c1-4-18-10(2)15(11(3)19)22-14(18)9-17-13-7-5-12(6-8-13)16(20)21/h5-9,17H,4H2,1-3H3,(H,20,21). The second-order valence-corrected chi connectivity index (χ2v) is 5.86. The third kappa shape index (κ3) is 3.33. The normalized spacial score (nSPS) is 16.3. The van der Waals surface area contributed by atoms with E-state index in [0.717, 1.165) is 27.9 Å². The van der Waals surface area contributed by atoms with Gasteiger partial charge in [-0.25, -0.2) is 4.79 Å². The Hall–Kier alpha value is -2.21.